The van der Waals surface area contributed by atoms with Gasteiger partial charge in [0, 0.05) is 24.2 Å². The fourth-order valence-electron chi connectivity index (χ4n) is 3.11. The summed E-state index contributed by atoms with van der Waals surface area (Å²) in [6, 6.07) is 8.07. The molecule has 1 N–H and O–H groups in total. The lowest BCUT2D eigenvalue weighted by Crippen LogP contribution is -2.41. The molecule has 3 rings (SSSR count). The molecule has 4 nitrogen and oxygen atoms in total. The number of carbonyl (C=O) groups is 1. The molecule has 126 valence electrons. The van der Waals surface area contributed by atoms with E-state index < -0.39 is 0 Å². The third-order valence-corrected chi connectivity index (χ3v) is 5.21. The zero-order valence-electron chi connectivity index (χ0n) is 13.4. The monoisotopic (exact) mass is 353 g/mol. The van der Waals surface area contributed by atoms with Crippen LogP contribution in [-0.2, 0) is 6.54 Å². The highest BCUT2D eigenvalue weighted by atomic mass is 35.5. The van der Waals surface area contributed by atoms with Gasteiger partial charge in [0.1, 0.15) is 5.69 Å². The van der Waals surface area contributed by atoms with Crippen molar-refractivity contribution in [2.75, 3.05) is 26.7 Å². The molecule has 1 amide bonds. The minimum atomic E-state index is 0. The summed E-state index contributed by atoms with van der Waals surface area (Å²) in [5, 5.41) is 5.31. The Bertz CT molecular complexity index is 603. The van der Waals surface area contributed by atoms with Crippen molar-refractivity contribution in [3.05, 3.63) is 46.4 Å². The number of hydrogen-bond acceptors (Lipinski definition) is 3. The first kappa shape index (κ1) is 18.0. The van der Waals surface area contributed by atoms with Crippen LogP contribution in [0.4, 0.5) is 0 Å². The standard InChI is InChI=1S/C17H23N3OS.ClH/c1-18-12-14-6-9-19(10-7-14)17(21)16-5-2-8-20(16)13-15-4-3-11-22-15;/h2-5,8,11,14,18H,6-7,9-10,12-13H2,1H3;1H. The van der Waals surface area contributed by atoms with Crippen molar-refractivity contribution < 1.29 is 4.79 Å². The molecule has 0 atom stereocenters. The summed E-state index contributed by atoms with van der Waals surface area (Å²) in [4.78, 5) is 16.0. The number of halogens is 1. The molecule has 0 unspecified atom stereocenters. The van der Waals surface area contributed by atoms with Crippen LogP contribution in [-0.4, -0.2) is 42.1 Å². The van der Waals surface area contributed by atoms with Gasteiger partial charge in [-0.2, -0.15) is 0 Å². The third kappa shape index (κ3) is 4.37. The zero-order chi connectivity index (χ0) is 15.4. The molecule has 3 heterocycles. The van der Waals surface area contributed by atoms with E-state index in [-0.39, 0.29) is 18.3 Å². The topological polar surface area (TPSA) is 37.3 Å². The fourth-order valence-corrected chi connectivity index (χ4v) is 3.81. The molecule has 0 aliphatic carbocycles. The van der Waals surface area contributed by atoms with E-state index in [0.29, 0.717) is 5.92 Å². The number of rotatable bonds is 5. The van der Waals surface area contributed by atoms with Gasteiger partial charge < -0.3 is 14.8 Å². The van der Waals surface area contributed by atoms with Gasteiger partial charge in [-0.15, -0.1) is 23.7 Å². The minimum absolute atomic E-state index is 0. The van der Waals surface area contributed by atoms with Crippen molar-refractivity contribution >= 4 is 29.7 Å². The molecule has 2 aromatic rings. The summed E-state index contributed by atoms with van der Waals surface area (Å²) in [5.41, 5.74) is 0.806. The quantitative estimate of drug-likeness (QED) is 0.896. The summed E-state index contributed by atoms with van der Waals surface area (Å²) in [6.45, 7) is 3.57. The zero-order valence-corrected chi connectivity index (χ0v) is 15.0. The maximum atomic E-state index is 12.8. The number of likely N-dealkylation sites (tertiary alicyclic amines) is 1. The Morgan fingerprint density at radius 2 is 2.09 bits per heavy atom. The first-order chi connectivity index (χ1) is 10.8. The van der Waals surface area contributed by atoms with Crippen LogP contribution in [0, 0.1) is 5.92 Å². The largest absolute Gasteiger partial charge is 0.338 e. The van der Waals surface area contributed by atoms with Gasteiger partial charge in [-0.25, -0.2) is 0 Å². The molecular formula is C17H24ClN3OS. The molecule has 1 saturated heterocycles. The third-order valence-electron chi connectivity index (χ3n) is 4.35. The number of thiophene rings is 1. The molecular weight excluding hydrogens is 330 g/mol. The first-order valence-corrected chi connectivity index (χ1v) is 8.77. The number of aromatic nitrogens is 1. The Kier molecular flexibility index (Phi) is 6.69. The van der Waals surface area contributed by atoms with Gasteiger partial charge in [0.15, 0.2) is 0 Å². The van der Waals surface area contributed by atoms with E-state index in [1.165, 1.54) is 4.88 Å². The normalized spacial score (nSPS) is 15.4. The van der Waals surface area contributed by atoms with Gasteiger partial charge in [-0.3, -0.25) is 4.79 Å². The predicted molar refractivity (Wildman–Crippen MR) is 97.7 cm³/mol. The minimum Gasteiger partial charge on any atom is -0.338 e. The highest BCUT2D eigenvalue weighted by Crippen LogP contribution is 2.20. The summed E-state index contributed by atoms with van der Waals surface area (Å²) in [6.07, 6.45) is 4.19. The van der Waals surface area contributed by atoms with Gasteiger partial charge in [0.2, 0.25) is 0 Å². The Morgan fingerprint density at radius 3 is 2.74 bits per heavy atom. The summed E-state index contributed by atoms with van der Waals surface area (Å²) in [7, 11) is 2.00. The molecule has 0 aromatic carbocycles. The van der Waals surface area contributed by atoms with Crippen molar-refractivity contribution in [3.63, 3.8) is 0 Å². The summed E-state index contributed by atoms with van der Waals surface area (Å²) >= 11 is 1.73. The smallest absolute Gasteiger partial charge is 0.270 e. The van der Waals surface area contributed by atoms with E-state index in [1.807, 2.05) is 30.3 Å². The van der Waals surface area contributed by atoms with Gasteiger partial charge in [0.05, 0.1) is 6.54 Å². The number of carbonyl (C=O) groups excluding carboxylic acids is 1. The van der Waals surface area contributed by atoms with E-state index in [1.54, 1.807) is 11.3 Å². The second-order valence-corrected chi connectivity index (χ2v) is 6.93. The molecule has 23 heavy (non-hydrogen) atoms. The molecule has 0 radical (unpaired) electrons. The van der Waals surface area contributed by atoms with Gasteiger partial charge in [-0.1, -0.05) is 6.07 Å². The van der Waals surface area contributed by atoms with E-state index in [4.69, 9.17) is 0 Å². The molecule has 0 saturated carbocycles. The van der Waals surface area contributed by atoms with Crippen LogP contribution >= 0.6 is 23.7 Å². The number of nitrogens with zero attached hydrogens (tertiary/aromatic N) is 2. The maximum Gasteiger partial charge on any atom is 0.270 e. The average molecular weight is 354 g/mol. The Morgan fingerprint density at radius 1 is 1.30 bits per heavy atom. The van der Waals surface area contributed by atoms with E-state index >= 15 is 0 Å². The van der Waals surface area contributed by atoms with Crippen molar-refractivity contribution in [2.45, 2.75) is 19.4 Å². The van der Waals surface area contributed by atoms with Crippen molar-refractivity contribution in [1.29, 1.82) is 0 Å². The van der Waals surface area contributed by atoms with Crippen molar-refractivity contribution in [3.8, 4) is 0 Å². The van der Waals surface area contributed by atoms with Crippen LogP contribution in [0.25, 0.3) is 0 Å². The maximum absolute atomic E-state index is 12.8. The molecule has 1 aliphatic heterocycles. The molecule has 0 spiro atoms. The highest BCUT2D eigenvalue weighted by Gasteiger charge is 2.24. The second-order valence-electron chi connectivity index (χ2n) is 5.89. The van der Waals surface area contributed by atoms with E-state index in [0.717, 1.165) is 44.7 Å². The van der Waals surface area contributed by atoms with Crippen LogP contribution in [0.15, 0.2) is 35.8 Å². The van der Waals surface area contributed by atoms with Gasteiger partial charge >= 0.3 is 0 Å². The van der Waals surface area contributed by atoms with Crippen LogP contribution in [0.3, 0.4) is 0 Å². The Hall–Kier alpha value is -1.30. The van der Waals surface area contributed by atoms with Crippen LogP contribution < -0.4 is 5.32 Å². The lowest BCUT2D eigenvalue weighted by molar-refractivity contribution is 0.0680. The SMILES string of the molecule is CNCC1CCN(C(=O)c2cccn2Cc2cccs2)CC1.Cl. The van der Waals surface area contributed by atoms with Crippen molar-refractivity contribution in [2.24, 2.45) is 5.92 Å². The second kappa shape index (κ2) is 8.52. The van der Waals surface area contributed by atoms with Crippen LogP contribution in [0.1, 0.15) is 28.2 Å². The Labute approximate surface area is 147 Å². The number of hydrogen-bond donors (Lipinski definition) is 1. The highest BCUT2D eigenvalue weighted by molar-refractivity contribution is 7.09. The van der Waals surface area contributed by atoms with Crippen molar-refractivity contribution in [1.82, 2.24) is 14.8 Å². The molecule has 2 aromatic heterocycles. The number of nitrogens with one attached hydrogen (secondary N) is 1. The van der Waals surface area contributed by atoms with Gasteiger partial charge in [-0.05, 0) is 55.9 Å². The first-order valence-electron chi connectivity index (χ1n) is 7.89. The number of piperidine rings is 1. The molecule has 1 aliphatic rings. The van der Waals surface area contributed by atoms with E-state index in [2.05, 4.69) is 27.4 Å². The Balaban J connectivity index is 0.00000192. The number of amides is 1. The molecule has 1 fully saturated rings. The van der Waals surface area contributed by atoms with Gasteiger partial charge in [0.25, 0.3) is 5.91 Å². The average Bonchev–Trinajstić information content (AvgIpc) is 3.20. The van der Waals surface area contributed by atoms with E-state index in [9.17, 15) is 4.79 Å². The van der Waals surface area contributed by atoms with Crippen LogP contribution in [0.5, 0.6) is 0 Å². The lowest BCUT2D eigenvalue weighted by atomic mass is 9.96. The summed E-state index contributed by atoms with van der Waals surface area (Å²) in [5.74, 6) is 0.872. The van der Waals surface area contributed by atoms with Crippen LogP contribution in [0.2, 0.25) is 0 Å². The predicted octanol–water partition coefficient (Wildman–Crippen LogP) is 3.09. The summed E-state index contributed by atoms with van der Waals surface area (Å²) < 4.78 is 2.06. The molecule has 6 heteroatoms. The molecule has 0 bridgehead atoms. The fraction of sp³-hybridized carbons (Fsp3) is 0.471. The lowest BCUT2D eigenvalue weighted by Gasteiger charge is -2.32.